The number of ether oxygens (including phenoxy) is 3. The van der Waals surface area contributed by atoms with E-state index in [1.54, 1.807) is 0 Å². The molecule has 2 fully saturated rings. The Hall–Kier alpha value is -0.160. The summed E-state index contributed by atoms with van der Waals surface area (Å²) < 4.78 is 17.1. The molecule has 4 heteroatoms. The lowest BCUT2D eigenvalue weighted by atomic mass is 9.96. The Balaban J connectivity index is 2.05. The molecule has 0 aliphatic carbocycles. The molecule has 0 unspecified atom stereocenters. The van der Waals surface area contributed by atoms with E-state index < -0.39 is 11.9 Å². The van der Waals surface area contributed by atoms with Crippen LogP contribution in [0.5, 0.6) is 0 Å². The van der Waals surface area contributed by atoms with Crippen LogP contribution in [-0.4, -0.2) is 35.5 Å². The minimum atomic E-state index is -0.564. The molecule has 88 valence electrons. The van der Waals surface area contributed by atoms with Gasteiger partial charge >= 0.3 is 0 Å². The molecule has 0 aromatic carbocycles. The molecule has 1 N–H and O–H groups in total. The Labute approximate surface area is 90.5 Å². The molecule has 0 amide bonds. The highest BCUT2D eigenvalue weighted by Gasteiger charge is 2.54. The van der Waals surface area contributed by atoms with Gasteiger partial charge in [0, 0.05) is 5.92 Å². The van der Waals surface area contributed by atoms with E-state index >= 15 is 0 Å². The van der Waals surface area contributed by atoms with Crippen LogP contribution in [0.15, 0.2) is 0 Å². The van der Waals surface area contributed by atoms with Crippen molar-refractivity contribution in [2.45, 2.75) is 64.5 Å². The van der Waals surface area contributed by atoms with E-state index in [1.165, 1.54) is 0 Å². The molecule has 0 aromatic heterocycles. The summed E-state index contributed by atoms with van der Waals surface area (Å²) in [7, 11) is 0. The van der Waals surface area contributed by atoms with Gasteiger partial charge in [0.05, 0.1) is 12.2 Å². The molecule has 0 bridgehead atoms. The van der Waals surface area contributed by atoms with Crippen LogP contribution in [-0.2, 0) is 14.2 Å². The van der Waals surface area contributed by atoms with Crippen molar-refractivity contribution in [3.8, 4) is 0 Å². The molecule has 0 aromatic rings. The molecule has 2 saturated heterocycles. The fourth-order valence-corrected chi connectivity index (χ4v) is 2.36. The summed E-state index contributed by atoms with van der Waals surface area (Å²) in [5.74, 6) is -0.391. The molecule has 2 rings (SSSR count). The Morgan fingerprint density at radius 1 is 1.33 bits per heavy atom. The normalized spacial score (nSPS) is 45.4. The van der Waals surface area contributed by atoms with Gasteiger partial charge in [-0.05, 0) is 20.3 Å². The maximum atomic E-state index is 9.78. The largest absolute Gasteiger partial charge is 0.390 e. The van der Waals surface area contributed by atoms with Crippen molar-refractivity contribution >= 4 is 0 Å². The molecular weight excluding hydrogens is 196 g/mol. The zero-order valence-electron chi connectivity index (χ0n) is 9.77. The van der Waals surface area contributed by atoms with Crippen LogP contribution >= 0.6 is 0 Å². The van der Waals surface area contributed by atoms with Crippen molar-refractivity contribution in [2.75, 3.05) is 0 Å². The lowest BCUT2D eigenvalue weighted by Gasteiger charge is -2.25. The lowest BCUT2D eigenvalue weighted by molar-refractivity contribution is -0.219. The predicted molar refractivity (Wildman–Crippen MR) is 54.2 cm³/mol. The van der Waals surface area contributed by atoms with Gasteiger partial charge in [0.1, 0.15) is 6.10 Å². The fraction of sp³-hybridized carbons (Fsp3) is 1.00. The lowest BCUT2D eigenvalue weighted by Crippen LogP contribution is -2.35. The maximum Gasteiger partial charge on any atom is 0.187 e. The monoisotopic (exact) mass is 216 g/mol. The third-order valence-electron chi connectivity index (χ3n) is 3.21. The summed E-state index contributed by atoms with van der Waals surface area (Å²) >= 11 is 0. The van der Waals surface area contributed by atoms with Crippen LogP contribution in [0.4, 0.5) is 0 Å². The van der Waals surface area contributed by atoms with Gasteiger partial charge in [-0.2, -0.15) is 0 Å². The number of aliphatic hydroxyl groups excluding tert-OH is 1. The summed E-state index contributed by atoms with van der Waals surface area (Å²) in [6, 6.07) is 0. The number of rotatable bonds is 2. The van der Waals surface area contributed by atoms with Crippen LogP contribution in [0.2, 0.25) is 0 Å². The molecule has 4 nitrogen and oxygen atoms in total. The van der Waals surface area contributed by atoms with Gasteiger partial charge in [-0.25, -0.2) is 0 Å². The predicted octanol–water partition coefficient (Wildman–Crippen LogP) is 1.27. The van der Waals surface area contributed by atoms with Gasteiger partial charge in [-0.15, -0.1) is 0 Å². The van der Waals surface area contributed by atoms with Gasteiger partial charge in [-0.3, -0.25) is 0 Å². The van der Waals surface area contributed by atoms with Crippen LogP contribution in [0.25, 0.3) is 0 Å². The summed E-state index contributed by atoms with van der Waals surface area (Å²) in [6.45, 7) is 7.75. The molecule has 0 spiro atoms. The van der Waals surface area contributed by atoms with Crippen molar-refractivity contribution in [1.82, 2.24) is 0 Å². The summed E-state index contributed by atoms with van der Waals surface area (Å²) in [5, 5.41) is 9.78. The van der Waals surface area contributed by atoms with E-state index in [4.69, 9.17) is 14.2 Å². The van der Waals surface area contributed by atoms with E-state index in [2.05, 4.69) is 0 Å². The van der Waals surface area contributed by atoms with Gasteiger partial charge < -0.3 is 19.3 Å². The Kier molecular flexibility index (Phi) is 2.79. The zero-order valence-corrected chi connectivity index (χ0v) is 9.77. The smallest absolute Gasteiger partial charge is 0.187 e. The van der Waals surface area contributed by atoms with Crippen LogP contribution < -0.4 is 0 Å². The highest BCUT2D eigenvalue weighted by Crippen LogP contribution is 2.41. The number of aliphatic hydroxyl groups is 1. The van der Waals surface area contributed by atoms with Gasteiger partial charge in [-0.1, -0.05) is 13.8 Å². The van der Waals surface area contributed by atoms with E-state index in [0.717, 1.165) is 0 Å². The van der Waals surface area contributed by atoms with Crippen molar-refractivity contribution < 1.29 is 19.3 Å². The molecule has 0 saturated carbocycles. The van der Waals surface area contributed by atoms with Crippen LogP contribution in [0, 0.1) is 5.92 Å². The van der Waals surface area contributed by atoms with E-state index in [1.807, 2.05) is 27.7 Å². The second-order valence-electron chi connectivity index (χ2n) is 4.90. The third-order valence-corrected chi connectivity index (χ3v) is 3.21. The standard InChI is InChI=1S/C11H20O4/c1-5-7(12)8-6(2)9-10(13-8)15-11(3,4)14-9/h6-10,12H,5H2,1-4H3/t6-,7-,8+,9-,10-/m1/s1. The van der Waals surface area contributed by atoms with Gasteiger partial charge in [0.25, 0.3) is 0 Å². The molecule has 0 radical (unpaired) electrons. The quantitative estimate of drug-likeness (QED) is 0.755. The zero-order chi connectivity index (χ0) is 11.2. The minimum absolute atomic E-state index is 0.0498. The molecule has 2 aliphatic heterocycles. The SMILES string of the molecule is CC[C@@H](O)[C@H]1O[C@@H]2OC(C)(C)O[C@@H]2[C@@H]1C. The van der Waals surface area contributed by atoms with Gasteiger partial charge in [0.2, 0.25) is 0 Å². The van der Waals surface area contributed by atoms with Crippen molar-refractivity contribution in [3.63, 3.8) is 0 Å². The first-order valence-corrected chi connectivity index (χ1v) is 5.64. The maximum absolute atomic E-state index is 9.78. The van der Waals surface area contributed by atoms with E-state index in [-0.39, 0.29) is 24.4 Å². The average molecular weight is 216 g/mol. The van der Waals surface area contributed by atoms with Crippen molar-refractivity contribution in [3.05, 3.63) is 0 Å². The molecule has 5 atom stereocenters. The van der Waals surface area contributed by atoms with Crippen molar-refractivity contribution in [2.24, 2.45) is 5.92 Å². The average Bonchev–Trinajstić information content (AvgIpc) is 2.60. The molecule has 15 heavy (non-hydrogen) atoms. The van der Waals surface area contributed by atoms with Crippen LogP contribution in [0.3, 0.4) is 0 Å². The minimum Gasteiger partial charge on any atom is -0.390 e. The highest BCUT2D eigenvalue weighted by atomic mass is 16.8. The van der Waals surface area contributed by atoms with E-state index in [0.29, 0.717) is 6.42 Å². The Morgan fingerprint density at radius 3 is 2.53 bits per heavy atom. The number of hydrogen-bond donors (Lipinski definition) is 1. The first-order valence-electron chi connectivity index (χ1n) is 5.64. The highest BCUT2D eigenvalue weighted by molar-refractivity contribution is 4.92. The second kappa shape index (κ2) is 3.70. The number of fused-ring (bicyclic) bond motifs is 1. The number of hydrogen-bond acceptors (Lipinski definition) is 4. The first kappa shape index (κ1) is 11.3. The second-order valence-corrected chi connectivity index (χ2v) is 4.90. The first-order chi connectivity index (χ1) is 6.94. The van der Waals surface area contributed by atoms with Gasteiger partial charge in [0.15, 0.2) is 12.1 Å². The molecular formula is C11H20O4. The topological polar surface area (TPSA) is 47.9 Å². The molecule has 2 aliphatic rings. The summed E-state index contributed by atoms with van der Waals surface area (Å²) in [5.41, 5.74) is 0. The molecule has 2 heterocycles. The Morgan fingerprint density at radius 2 is 2.00 bits per heavy atom. The third kappa shape index (κ3) is 1.91. The summed E-state index contributed by atoms with van der Waals surface area (Å²) in [6.07, 6.45) is -0.271. The van der Waals surface area contributed by atoms with Crippen molar-refractivity contribution in [1.29, 1.82) is 0 Å². The Bertz CT molecular complexity index is 241. The summed E-state index contributed by atoms with van der Waals surface area (Å²) in [4.78, 5) is 0. The van der Waals surface area contributed by atoms with Crippen LogP contribution in [0.1, 0.15) is 34.1 Å². The van der Waals surface area contributed by atoms with E-state index in [9.17, 15) is 5.11 Å². The fourth-order valence-electron chi connectivity index (χ4n) is 2.36.